The van der Waals surface area contributed by atoms with Gasteiger partial charge < -0.3 is 10.1 Å². The van der Waals surface area contributed by atoms with Crippen molar-refractivity contribution >= 4 is 21.6 Å². The molecule has 0 saturated carbocycles. The zero-order valence-electron chi connectivity index (χ0n) is 15.4. The first kappa shape index (κ1) is 19.8. The van der Waals surface area contributed by atoms with Crippen LogP contribution in [0.5, 0.6) is 5.75 Å². The first-order valence-corrected chi connectivity index (χ1v) is 10.0. The molecule has 1 atom stereocenters. The summed E-state index contributed by atoms with van der Waals surface area (Å²) < 4.78 is 30.4. The molecule has 0 bridgehead atoms. The molecule has 2 aromatic rings. The van der Waals surface area contributed by atoms with E-state index < -0.39 is 10.0 Å². The molecule has 0 fully saturated rings. The third kappa shape index (κ3) is 5.23. The van der Waals surface area contributed by atoms with Gasteiger partial charge in [0.2, 0.25) is 15.9 Å². The Balaban J connectivity index is 2.10. The van der Waals surface area contributed by atoms with Crippen molar-refractivity contribution in [3.05, 3.63) is 59.7 Å². The average Bonchev–Trinajstić information content (AvgIpc) is 2.59. The number of sulfonamides is 1. The van der Waals surface area contributed by atoms with Gasteiger partial charge in [-0.25, -0.2) is 8.42 Å². The molecule has 140 valence electrons. The molecule has 0 radical (unpaired) electrons. The average molecular weight is 376 g/mol. The molecule has 0 spiro atoms. The molecule has 0 aromatic heterocycles. The van der Waals surface area contributed by atoms with Crippen LogP contribution in [0.3, 0.4) is 0 Å². The lowest BCUT2D eigenvalue weighted by molar-refractivity contribution is -0.120. The van der Waals surface area contributed by atoms with Gasteiger partial charge in [0.25, 0.3) is 0 Å². The summed E-state index contributed by atoms with van der Waals surface area (Å²) in [6.45, 7) is 3.48. The molecular formula is C19H24N2O4S. The van der Waals surface area contributed by atoms with Gasteiger partial charge in [0.15, 0.2) is 0 Å². The van der Waals surface area contributed by atoms with Gasteiger partial charge in [0.1, 0.15) is 12.3 Å². The van der Waals surface area contributed by atoms with Crippen LogP contribution in [0.4, 0.5) is 5.69 Å². The van der Waals surface area contributed by atoms with Gasteiger partial charge in [-0.3, -0.25) is 9.10 Å². The Morgan fingerprint density at radius 2 is 1.69 bits per heavy atom. The van der Waals surface area contributed by atoms with Crippen molar-refractivity contribution in [2.45, 2.75) is 19.9 Å². The summed E-state index contributed by atoms with van der Waals surface area (Å²) in [7, 11) is -1.99. The fourth-order valence-electron chi connectivity index (χ4n) is 2.50. The lowest BCUT2D eigenvalue weighted by Crippen LogP contribution is -2.41. The van der Waals surface area contributed by atoms with E-state index in [9.17, 15) is 13.2 Å². The zero-order chi connectivity index (χ0) is 19.3. The molecule has 0 saturated heterocycles. The summed E-state index contributed by atoms with van der Waals surface area (Å²) in [5, 5.41) is 2.83. The number of nitrogens with one attached hydrogen (secondary N) is 1. The van der Waals surface area contributed by atoms with Crippen LogP contribution in [0.15, 0.2) is 48.5 Å². The van der Waals surface area contributed by atoms with E-state index in [1.54, 1.807) is 19.2 Å². The molecule has 0 aliphatic rings. The number of nitrogens with zero attached hydrogens (tertiary/aromatic N) is 1. The highest BCUT2D eigenvalue weighted by Gasteiger charge is 2.21. The number of carbonyl (C=O) groups excluding carboxylic acids is 1. The van der Waals surface area contributed by atoms with Crippen molar-refractivity contribution in [3.8, 4) is 5.75 Å². The van der Waals surface area contributed by atoms with E-state index in [0.29, 0.717) is 5.69 Å². The van der Waals surface area contributed by atoms with Gasteiger partial charge in [0.05, 0.1) is 25.1 Å². The van der Waals surface area contributed by atoms with Crippen LogP contribution >= 0.6 is 0 Å². The third-order valence-electron chi connectivity index (χ3n) is 4.00. The number of ether oxygens (including phenoxy) is 1. The number of hydrogen-bond acceptors (Lipinski definition) is 4. The molecule has 0 heterocycles. The summed E-state index contributed by atoms with van der Waals surface area (Å²) >= 11 is 0. The van der Waals surface area contributed by atoms with Gasteiger partial charge in [-0.15, -0.1) is 0 Å². The topological polar surface area (TPSA) is 75.7 Å². The van der Waals surface area contributed by atoms with Crippen molar-refractivity contribution in [2.75, 3.05) is 24.2 Å². The normalized spacial score (nSPS) is 12.3. The molecule has 0 unspecified atom stereocenters. The summed E-state index contributed by atoms with van der Waals surface area (Å²) in [6.07, 6.45) is 1.09. The first-order valence-electron chi connectivity index (χ1n) is 8.18. The van der Waals surface area contributed by atoms with Gasteiger partial charge in [-0.05, 0) is 43.7 Å². The predicted molar refractivity (Wildman–Crippen MR) is 103 cm³/mol. The number of rotatable bonds is 7. The van der Waals surface area contributed by atoms with E-state index >= 15 is 0 Å². The van der Waals surface area contributed by atoms with Crippen LogP contribution in [-0.4, -0.2) is 34.2 Å². The summed E-state index contributed by atoms with van der Waals surface area (Å²) in [6, 6.07) is 14.1. The van der Waals surface area contributed by atoms with Crippen molar-refractivity contribution in [2.24, 2.45) is 0 Å². The number of methoxy groups -OCH3 is 1. The van der Waals surface area contributed by atoms with Crippen molar-refractivity contribution < 1.29 is 17.9 Å². The minimum atomic E-state index is -3.58. The molecule has 2 aromatic carbocycles. The van der Waals surface area contributed by atoms with E-state index in [0.717, 1.165) is 27.4 Å². The highest BCUT2D eigenvalue weighted by molar-refractivity contribution is 7.92. The minimum absolute atomic E-state index is 0.257. The van der Waals surface area contributed by atoms with Crippen molar-refractivity contribution in [1.82, 2.24) is 5.32 Å². The van der Waals surface area contributed by atoms with Gasteiger partial charge in [-0.2, -0.15) is 0 Å². The Morgan fingerprint density at radius 1 is 1.12 bits per heavy atom. The number of hydrogen-bond donors (Lipinski definition) is 1. The first-order chi connectivity index (χ1) is 12.2. The summed E-state index contributed by atoms with van der Waals surface area (Å²) in [5.41, 5.74) is 2.38. The van der Waals surface area contributed by atoms with E-state index in [-0.39, 0.29) is 18.5 Å². The molecule has 7 heteroatoms. The van der Waals surface area contributed by atoms with E-state index in [1.807, 2.05) is 50.2 Å². The standard InChI is InChI=1S/C19H24N2O4S/c1-14-5-9-17(10-6-14)21(26(4,23)24)13-19(22)20-15(2)16-7-11-18(25-3)12-8-16/h5-12,15H,13H2,1-4H3,(H,20,22)/t15-/m1/s1. The minimum Gasteiger partial charge on any atom is -0.497 e. The Hall–Kier alpha value is -2.54. The molecule has 0 aliphatic heterocycles. The highest BCUT2D eigenvalue weighted by atomic mass is 32.2. The van der Waals surface area contributed by atoms with Gasteiger partial charge >= 0.3 is 0 Å². The number of amides is 1. The van der Waals surface area contributed by atoms with Crippen LogP contribution in [0, 0.1) is 6.92 Å². The molecular weight excluding hydrogens is 352 g/mol. The van der Waals surface area contributed by atoms with E-state index in [4.69, 9.17) is 4.74 Å². The fourth-order valence-corrected chi connectivity index (χ4v) is 3.36. The maximum atomic E-state index is 12.4. The molecule has 0 aliphatic carbocycles. The Labute approximate surface area is 154 Å². The quantitative estimate of drug-likeness (QED) is 0.806. The molecule has 6 nitrogen and oxygen atoms in total. The van der Waals surface area contributed by atoms with Crippen LogP contribution in [-0.2, 0) is 14.8 Å². The second-order valence-corrected chi connectivity index (χ2v) is 8.07. The van der Waals surface area contributed by atoms with Crippen LogP contribution < -0.4 is 14.4 Å². The number of aryl methyl sites for hydroxylation is 1. The Bertz CT molecular complexity index is 846. The fraction of sp³-hybridized carbons (Fsp3) is 0.316. The molecule has 1 N–H and O–H groups in total. The maximum Gasteiger partial charge on any atom is 0.241 e. The predicted octanol–water partition coefficient (Wildman–Crippen LogP) is 2.65. The van der Waals surface area contributed by atoms with Crippen molar-refractivity contribution in [3.63, 3.8) is 0 Å². The number of anilines is 1. The van der Waals surface area contributed by atoms with Crippen LogP contribution in [0.25, 0.3) is 0 Å². The number of benzene rings is 2. The van der Waals surface area contributed by atoms with E-state index in [2.05, 4.69) is 5.32 Å². The molecule has 2 rings (SSSR count). The van der Waals surface area contributed by atoms with Crippen LogP contribution in [0.1, 0.15) is 24.1 Å². The lowest BCUT2D eigenvalue weighted by atomic mass is 10.1. The number of carbonyl (C=O) groups is 1. The van der Waals surface area contributed by atoms with Crippen molar-refractivity contribution in [1.29, 1.82) is 0 Å². The van der Waals surface area contributed by atoms with Crippen LogP contribution in [0.2, 0.25) is 0 Å². The SMILES string of the molecule is COc1ccc([C@@H](C)NC(=O)CN(c2ccc(C)cc2)S(C)(=O)=O)cc1. The van der Waals surface area contributed by atoms with E-state index in [1.165, 1.54) is 0 Å². The maximum absolute atomic E-state index is 12.4. The zero-order valence-corrected chi connectivity index (χ0v) is 16.2. The highest BCUT2D eigenvalue weighted by Crippen LogP contribution is 2.19. The monoisotopic (exact) mass is 376 g/mol. The second-order valence-electron chi connectivity index (χ2n) is 6.17. The third-order valence-corrected chi connectivity index (χ3v) is 5.14. The van der Waals surface area contributed by atoms with Gasteiger partial charge in [-0.1, -0.05) is 29.8 Å². The largest absolute Gasteiger partial charge is 0.497 e. The smallest absolute Gasteiger partial charge is 0.241 e. The van der Waals surface area contributed by atoms with Gasteiger partial charge in [0, 0.05) is 0 Å². The second kappa shape index (κ2) is 8.23. The summed E-state index contributed by atoms with van der Waals surface area (Å²) in [4.78, 5) is 12.4. The summed E-state index contributed by atoms with van der Waals surface area (Å²) in [5.74, 6) is 0.356. The Kier molecular flexibility index (Phi) is 6.26. The molecule has 1 amide bonds. The molecule has 26 heavy (non-hydrogen) atoms. The Morgan fingerprint density at radius 3 is 2.19 bits per heavy atom. The lowest BCUT2D eigenvalue weighted by Gasteiger charge is -2.23.